The molecule has 0 N–H and O–H groups in total. The molecule has 1 aliphatic rings. The molecule has 2 heteroatoms. The molecule has 0 unspecified atom stereocenters. The maximum Gasteiger partial charge on any atom is 0.131 e. The lowest BCUT2D eigenvalue weighted by molar-refractivity contribution is 0.308. The Labute approximate surface area is 185 Å². The van der Waals surface area contributed by atoms with Gasteiger partial charge in [0.1, 0.15) is 11.6 Å². The van der Waals surface area contributed by atoms with Crippen LogP contribution in [0.3, 0.4) is 0 Å². The highest BCUT2D eigenvalue weighted by molar-refractivity contribution is 5.65. The zero-order valence-corrected chi connectivity index (χ0v) is 18.4. The van der Waals surface area contributed by atoms with E-state index in [9.17, 15) is 8.78 Å². The fourth-order valence-electron chi connectivity index (χ4n) is 5.00. The second-order valence-electron chi connectivity index (χ2n) is 9.07. The maximum absolute atomic E-state index is 15.0. The van der Waals surface area contributed by atoms with Crippen molar-refractivity contribution >= 4 is 0 Å². The number of hydrogen-bond acceptors (Lipinski definition) is 0. The third-order valence-electron chi connectivity index (χ3n) is 6.89. The molecule has 3 aromatic carbocycles. The summed E-state index contributed by atoms with van der Waals surface area (Å²) in [5.41, 5.74) is 5.08. The van der Waals surface area contributed by atoms with Crippen LogP contribution in [0.1, 0.15) is 68.1 Å². The summed E-state index contributed by atoms with van der Waals surface area (Å²) in [6.45, 7) is 2.26. The lowest BCUT2D eigenvalue weighted by atomic mass is 9.77. The van der Waals surface area contributed by atoms with Crippen molar-refractivity contribution in [1.29, 1.82) is 0 Å². The van der Waals surface area contributed by atoms with Gasteiger partial charge in [-0.1, -0.05) is 68.3 Å². The fourth-order valence-corrected chi connectivity index (χ4v) is 5.00. The average Bonchev–Trinajstić information content (AvgIpc) is 2.80. The largest absolute Gasteiger partial charge is 0.207 e. The Morgan fingerprint density at radius 3 is 1.94 bits per heavy atom. The van der Waals surface area contributed by atoms with E-state index in [0.29, 0.717) is 11.5 Å². The van der Waals surface area contributed by atoms with Crippen LogP contribution in [0.2, 0.25) is 0 Å². The van der Waals surface area contributed by atoms with Crippen LogP contribution in [0.4, 0.5) is 8.78 Å². The van der Waals surface area contributed by atoms with E-state index in [2.05, 4.69) is 25.1 Å². The average molecular weight is 419 g/mol. The molecule has 162 valence electrons. The molecule has 0 atom stereocenters. The van der Waals surface area contributed by atoms with Crippen molar-refractivity contribution < 1.29 is 8.78 Å². The third kappa shape index (κ3) is 5.61. The molecule has 0 radical (unpaired) electrons. The van der Waals surface area contributed by atoms with Crippen LogP contribution >= 0.6 is 0 Å². The maximum atomic E-state index is 15.0. The van der Waals surface area contributed by atoms with Crippen molar-refractivity contribution in [2.45, 2.75) is 64.2 Å². The molecule has 4 rings (SSSR count). The van der Waals surface area contributed by atoms with Gasteiger partial charge in [0, 0.05) is 5.56 Å². The topological polar surface area (TPSA) is 0 Å². The van der Waals surface area contributed by atoms with Gasteiger partial charge in [-0.3, -0.25) is 0 Å². The predicted octanol–water partition coefficient (Wildman–Crippen LogP) is 8.49. The van der Waals surface area contributed by atoms with E-state index in [4.69, 9.17) is 0 Å². The molecule has 0 aromatic heterocycles. The van der Waals surface area contributed by atoms with Crippen LogP contribution in [0.25, 0.3) is 11.1 Å². The molecule has 1 aliphatic carbocycles. The second kappa shape index (κ2) is 10.2. The molecule has 0 bridgehead atoms. The van der Waals surface area contributed by atoms with Crippen LogP contribution in [0.5, 0.6) is 0 Å². The summed E-state index contributed by atoms with van der Waals surface area (Å²) >= 11 is 0. The molecule has 0 saturated heterocycles. The lowest BCUT2D eigenvalue weighted by Gasteiger charge is -2.28. The first-order chi connectivity index (χ1) is 15.1. The molecule has 0 spiro atoms. The van der Waals surface area contributed by atoms with Crippen LogP contribution in [-0.4, -0.2) is 0 Å². The summed E-state index contributed by atoms with van der Waals surface area (Å²) in [4.78, 5) is 0. The molecule has 0 nitrogen and oxygen atoms in total. The van der Waals surface area contributed by atoms with Gasteiger partial charge in [0.25, 0.3) is 0 Å². The number of benzene rings is 3. The Balaban J connectivity index is 1.38. The van der Waals surface area contributed by atoms with E-state index in [0.717, 1.165) is 35.4 Å². The minimum atomic E-state index is -0.203. The Bertz CT molecular complexity index is 965. The fraction of sp³-hybridized carbons (Fsp3) is 0.379. The van der Waals surface area contributed by atoms with E-state index >= 15 is 0 Å². The molecule has 31 heavy (non-hydrogen) atoms. The molecular formula is C29H32F2. The van der Waals surface area contributed by atoms with E-state index in [1.165, 1.54) is 56.2 Å². The van der Waals surface area contributed by atoms with Gasteiger partial charge in [-0.05, 0) is 90.8 Å². The summed E-state index contributed by atoms with van der Waals surface area (Å²) in [6, 6.07) is 20.7. The van der Waals surface area contributed by atoms with Crippen LogP contribution in [0.15, 0.2) is 66.7 Å². The van der Waals surface area contributed by atoms with Crippen molar-refractivity contribution in [3.8, 4) is 11.1 Å². The molecule has 3 aromatic rings. The summed E-state index contributed by atoms with van der Waals surface area (Å²) in [6.07, 6.45) is 9.28. The molecule has 1 saturated carbocycles. The van der Waals surface area contributed by atoms with Crippen molar-refractivity contribution in [2.75, 3.05) is 0 Å². The normalized spacial score (nSPS) is 18.8. The molecule has 0 amide bonds. The molecule has 0 aliphatic heterocycles. The monoisotopic (exact) mass is 418 g/mol. The van der Waals surface area contributed by atoms with Gasteiger partial charge >= 0.3 is 0 Å². The van der Waals surface area contributed by atoms with Gasteiger partial charge in [0.15, 0.2) is 0 Å². The summed E-state index contributed by atoms with van der Waals surface area (Å²) in [5, 5.41) is 0. The Hall–Kier alpha value is -2.48. The van der Waals surface area contributed by atoms with Gasteiger partial charge in [-0.2, -0.15) is 0 Å². The quantitative estimate of drug-likeness (QED) is 0.361. The van der Waals surface area contributed by atoms with Crippen molar-refractivity contribution in [2.24, 2.45) is 5.92 Å². The van der Waals surface area contributed by atoms with Gasteiger partial charge in [-0.25, -0.2) is 8.78 Å². The van der Waals surface area contributed by atoms with Crippen LogP contribution < -0.4 is 0 Å². The van der Waals surface area contributed by atoms with Gasteiger partial charge in [0.2, 0.25) is 0 Å². The minimum Gasteiger partial charge on any atom is -0.207 e. The zero-order valence-electron chi connectivity index (χ0n) is 18.4. The Kier molecular flexibility index (Phi) is 7.17. The third-order valence-corrected chi connectivity index (χ3v) is 6.89. The SMILES string of the molecule is CCCC1CCC(c2ccc(-c3ccc(CCc4ccc(F)cc4)cc3)c(F)c2)CC1. The van der Waals surface area contributed by atoms with Gasteiger partial charge in [0.05, 0.1) is 0 Å². The predicted molar refractivity (Wildman–Crippen MR) is 125 cm³/mol. The highest BCUT2D eigenvalue weighted by atomic mass is 19.1. The smallest absolute Gasteiger partial charge is 0.131 e. The van der Waals surface area contributed by atoms with Gasteiger partial charge in [-0.15, -0.1) is 0 Å². The lowest BCUT2D eigenvalue weighted by Crippen LogP contribution is -2.13. The zero-order chi connectivity index (χ0) is 21.6. The molecule has 1 fully saturated rings. The first-order valence-electron chi connectivity index (χ1n) is 11.8. The summed E-state index contributed by atoms with van der Waals surface area (Å²) in [5.74, 6) is 1.05. The highest BCUT2D eigenvalue weighted by Gasteiger charge is 2.22. The summed E-state index contributed by atoms with van der Waals surface area (Å²) < 4.78 is 28.0. The van der Waals surface area contributed by atoms with E-state index in [-0.39, 0.29) is 11.6 Å². The van der Waals surface area contributed by atoms with Crippen molar-refractivity contribution in [1.82, 2.24) is 0 Å². The van der Waals surface area contributed by atoms with E-state index in [1.807, 2.05) is 30.3 Å². The Morgan fingerprint density at radius 2 is 1.35 bits per heavy atom. The highest BCUT2D eigenvalue weighted by Crippen LogP contribution is 2.38. The first-order valence-corrected chi connectivity index (χ1v) is 11.8. The number of aryl methyl sites for hydroxylation is 2. The van der Waals surface area contributed by atoms with Crippen LogP contribution in [-0.2, 0) is 12.8 Å². The first kappa shape index (κ1) is 21.7. The number of halogens is 2. The van der Waals surface area contributed by atoms with E-state index < -0.39 is 0 Å². The number of rotatable bonds is 7. The van der Waals surface area contributed by atoms with E-state index in [1.54, 1.807) is 6.07 Å². The second-order valence-corrected chi connectivity index (χ2v) is 9.07. The van der Waals surface area contributed by atoms with Crippen molar-refractivity contribution in [3.05, 3.63) is 95.1 Å². The summed E-state index contributed by atoms with van der Waals surface area (Å²) in [7, 11) is 0. The van der Waals surface area contributed by atoms with Crippen molar-refractivity contribution in [3.63, 3.8) is 0 Å². The minimum absolute atomic E-state index is 0.118. The molecular weight excluding hydrogens is 386 g/mol. The Morgan fingerprint density at radius 1 is 0.742 bits per heavy atom. The standard InChI is InChI=1S/C29H32F2/c1-2-3-21-6-12-24(13-7-21)26-16-19-28(29(31)20-26)25-14-8-22(9-15-25)4-5-23-10-17-27(30)18-11-23/h8-11,14-21,24H,2-7,12-13H2,1H3. The molecule has 0 heterocycles. The number of hydrogen-bond donors (Lipinski definition) is 0. The van der Waals surface area contributed by atoms with Gasteiger partial charge < -0.3 is 0 Å². The van der Waals surface area contributed by atoms with Crippen LogP contribution in [0, 0.1) is 17.6 Å².